The fraction of sp³-hybridized carbons (Fsp3) is 0.211. The van der Waals surface area contributed by atoms with E-state index < -0.39 is 6.04 Å². The molecule has 1 aliphatic heterocycles. The molecule has 0 saturated carbocycles. The summed E-state index contributed by atoms with van der Waals surface area (Å²) in [5, 5.41) is 5.54. The summed E-state index contributed by atoms with van der Waals surface area (Å²) in [5.41, 5.74) is 2.85. The van der Waals surface area contributed by atoms with Crippen molar-refractivity contribution < 1.29 is 14.4 Å². The smallest absolute Gasteiger partial charge is 0.248 e. The van der Waals surface area contributed by atoms with Gasteiger partial charge in [-0.05, 0) is 36.8 Å². The Morgan fingerprint density at radius 1 is 1.16 bits per heavy atom. The van der Waals surface area contributed by atoms with E-state index >= 15 is 0 Å². The van der Waals surface area contributed by atoms with Crippen LogP contribution < -0.4 is 15.5 Å². The van der Waals surface area contributed by atoms with Gasteiger partial charge in [0, 0.05) is 12.6 Å². The number of hydrogen-bond acceptors (Lipinski definition) is 3. The summed E-state index contributed by atoms with van der Waals surface area (Å²) in [7, 11) is 0. The van der Waals surface area contributed by atoms with Gasteiger partial charge >= 0.3 is 0 Å². The van der Waals surface area contributed by atoms with Crippen LogP contribution in [0.2, 0.25) is 0 Å². The van der Waals surface area contributed by atoms with Crippen molar-refractivity contribution in [1.82, 2.24) is 0 Å². The molecule has 0 aliphatic carbocycles. The molecule has 0 unspecified atom stereocenters. The summed E-state index contributed by atoms with van der Waals surface area (Å²) in [6.07, 6.45) is -0.117. The van der Waals surface area contributed by atoms with Crippen LogP contribution in [0.1, 0.15) is 18.9 Å². The van der Waals surface area contributed by atoms with Crippen LogP contribution in [0.25, 0.3) is 0 Å². The van der Waals surface area contributed by atoms with E-state index in [0.717, 1.165) is 5.56 Å². The molecule has 0 saturated heterocycles. The molecule has 1 aliphatic rings. The van der Waals surface area contributed by atoms with Crippen LogP contribution >= 0.6 is 0 Å². The van der Waals surface area contributed by atoms with E-state index in [9.17, 15) is 14.4 Å². The first kappa shape index (κ1) is 16.7. The molecule has 0 radical (unpaired) electrons. The predicted molar refractivity (Wildman–Crippen MR) is 96.4 cm³/mol. The van der Waals surface area contributed by atoms with Crippen molar-refractivity contribution in [3.63, 3.8) is 0 Å². The van der Waals surface area contributed by atoms with Crippen LogP contribution in [-0.4, -0.2) is 23.8 Å². The van der Waals surface area contributed by atoms with Crippen LogP contribution in [0, 0.1) is 6.92 Å². The molecule has 6 nitrogen and oxygen atoms in total. The fourth-order valence-electron chi connectivity index (χ4n) is 2.97. The van der Waals surface area contributed by atoms with Gasteiger partial charge in [-0.15, -0.1) is 0 Å². The van der Waals surface area contributed by atoms with Gasteiger partial charge in [0.25, 0.3) is 0 Å². The maximum Gasteiger partial charge on any atom is 0.248 e. The highest BCUT2D eigenvalue weighted by Gasteiger charge is 2.36. The van der Waals surface area contributed by atoms with Gasteiger partial charge in [-0.1, -0.05) is 24.3 Å². The third-order valence-corrected chi connectivity index (χ3v) is 4.06. The SMILES string of the molecule is CC(=O)N1c2ccccc2NC(=O)[C@H]1CC(=O)Nc1cccc(C)c1. The van der Waals surface area contributed by atoms with Crippen molar-refractivity contribution in [3.05, 3.63) is 54.1 Å². The van der Waals surface area contributed by atoms with Gasteiger partial charge in [0.2, 0.25) is 17.7 Å². The van der Waals surface area contributed by atoms with Crippen LogP contribution in [0.4, 0.5) is 17.1 Å². The first-order valence-electron chi connectivity index (χ1n) is 8.02. The average molecular weight is 337 g/mol. The molecule has 3 rings (SSSR count). The number of rotatable bonds is 3. The van der Waals surface area contributed by atoms with Crippen molar-refractivity contribution in [2.24, 2.45) is 0 Å². The lowest BCUT2D eigenvalue weighted by Gasteiger charge is -2.35. The molecule has 0 spiro atoms. The number of anilines is 3. The second-order valence-corrected chi connectivity index (χ2v) is 6.03. The van der Waals surface area contributed by atoms with Crippen molar-refractivity contribution >= 4 is 34.8 Å². The number of nitrogens with zero attached hydrogens (tertiary/aromatic N) is 1. The third-order valence-electron chi connectivity index (χ3n) is 4.06. The van der Waals surface area contributed by atoms with Crippen LogP contribution in [0.5, 0.6) is 0 Å². The summed E-state index contributed by atoms with van der Waals surface area (Å²) in [5.74, 6) is -0.972. The lowest BCUT2D eigenvalue weighted by atomic mass is 10.0. The van der Waals surface area contributed by atoms with E-state index in [0.29, 0.717) is 17.1 Å². The molecule has 2 N–H and O–H groups in total. The number of hydrogen-bond donors (Lipinski definition) is 2. The molecule has 1 heterocycles. The molecular weight excluding hydrogens is 318 g/mol. The van der Waals surface area contributed by atoms with E-state index in [-0.39, 0.29) is 24.1 Å². The Labute approximate surface area is 145 Å². The van der Waals surface area contributed by atoms with Gasteiger partial charge in [0.15, 0.2) is 0 Å². The van der Waals surface area contributed by atoms with Crippen molar-refractivity contribution in [2.75, 3.05) is 15.5 Å². The minimum absolute atomic E-state index is 0.117. The van der Waals surface area contributed by atoms with Crippen LogP contribution in [0.3, 0.4) is 0 Å². The largest absolute Gasteiger partial charge is 0.326 e. The molecule has 2 aromatic carbocycles. The second-order valence-electron chi connectivity index (χ2n) is 6.03. The fourth-order valence-corrected chi connectivity index (χ4v) is 2.97. The quantitative estimate of drug-likeness (QED) is 0.904. The maximum absolute atomic E-state index is 12.4. The monoisotopic (exact) mass is 337 g/mol. The lowest BCUT2D eigenvalue weighted by molar-refractivity contribution is -0.125. The molecule has 2 aromatic rings. The average Bonchev–Trinajstić information content (AvgIpc) is 2.55. The van der Waals surface area contributed by atoms with E-state index in [4.69, 9.17) is 0 Å². The van der Waals surface area contributed by atoms with E-state index in [1.807, 2.05) is 25.1 Å². The first-order valence-corrected chi connectivity index (χ1v) is 8.02. The van der Waals surface area contributed by atoms with E-state index in [1.54, 1.807) is 30.3 Å². The van der Waals surface area contributed by atoms with Crippen molar-refractivity contribution in [3.8, 4) is 0 Å². The number of aryl methyl sites for hydroxylation is 1. The summed E-state index contributed by atoms with van der Waals surface area (Å²) in [4.78, 5) is 38.3. The van der Waals surface area contributed by atoms with Gasteiger partial charge in [-0.2, -0.15) is 0 Å². The summed E-state index contributed by atoms with van der Waals surface area (Å²) in [6, 6.07) is 13.6. The Morgan fingerprint density at radius 2 is 1.92 bits per heavy atom. The number of nitrogens with one attached hydrogen (secondary N) is 2. The van der Waals surface area contributed by atoms with Crippen LogP contribution in [0.15, 0.2) is 48.5 Å². The minimum atomic E-state index is -0.878. The highest BCUT2D eigenvalue weighted by molar-refractivity contribution is 6.13. The summed E-state index contributed by atoms with van der Waals surface area (Å²) in [6.45, 7) is 3.32. The number of para-hydroxylation sites is 2. The molecule has 3 amide bonds. The van der Waals surface area contributed by atoms with E-state index in [2.05, 4.69) is 10.6 Å². The summed E-state index contributed by atoms with van der Waals surface area (Å²) < 4.78 is 0. The van der Waals surface area contributed by atoms with Gasteiger partial charge in [0.1, 0.15) is 6.04 Å². The predicted octanol–water partition coefficient (Wildman–Crippen LogP) is 2.70. The highest BCUT2D eigenvalue weighted by Crippen LogP contribution is 2.32. The van der Waals surface area contributed by atoms with E-state index in [1.165, 1.54) is 11.8 Å². The van der Waals surface area contributed by atoms with Gasteiger partial charge < -0.3 is 10.6 Å². The number of fused-ring (bicyclic) bond motifs is 1. The maximum atomic E-state index is 12.4. The van der Waals surface area contributed by atoms with Gasteiger partial charge in [-0.3, -0.25) is 19.3 Å². The molecule has 0 aromatic heterocycles. The lowest BCUT2D eigenvalue weighted by Crippen LogP contribution is -2.51. The van der Waals surface area contributed by atoms with Gasteiger partial charge in [-0.25, -0.2) is 0 Å². The molecule has 0 bridgehead atoms. The zero-order valence-corrected chi connectivity index (χ0v) is 14.1. The Balaban J connectivity index is 1.82. The number of amides is 3. The van der Waals surface area contributed by atoms with Crippen molar-refractivity contribution in [1.29, 1.82) is 0 Å². The second kappa shape index (κ2) is 6.76. The number of carbonyl (C=O) groups is 3. The highest BCUT2D eigenvalue weighted by atomic mass is 16.2. The first-order chi connectivity index (χ1) is 12.0. The molecule has 128 valence electrons. The topological polar surface area (TPSA) is 78.5 Å². The van der Waals surface area contributed by atoms with Crippen LogP contribution in [-0.2, 0) is 14.4 Å². The molecular formula is C19H19N3O3. The number of benzene rings is 2. The Kier molecular flexibility index (Phi) is 4.52. The molecule has 1 atom stereocenters. The Morgan fingerprint density at radius 3 is 2.64 bits per heavy atom. The third kappa shape index (κ3) is 3.52. The Hall–Kier alpha value is -3.15. The summed E-state index contributed by atoms with van der Waals surface area (Å²) >= 11 is 0. The standard InChI is InChI=1S/C19H19N3O3/c1-12-6-5-7-14(10-12)20-18(24)11-17-19(25)21-15-8-3-4-9-16(15)22(17)13(2)23/h3-10,17H,11H2,1-2H3,(H,20,24)(H,21,25)/t17-/m1/s1. The zero-order chi connectivity index (χ0) is 18.0. The van der Waals surface area contributed by atoms with Crippen molar-refractivity contribution in [2.45, 2.75) is 26.3 Å². The number of carbonyl (C=O) groups excluding carboxylic acids is 3. The minimum Gasteiger partial charge on any atom is -0.326 e. The Bertz CT molecular complexity index is 847. The molecule has 25 heavy (non-hydrogen) atoms. The molecule has 6 heteroatoms. The normalized spacial score (nSPS) is 16.0. The van der Waals surface area contributed by atoms with Gasteiger partial charge in [0.05, 0.1) is 17.8 Å². The molecule has 0 fully saturated rings. The zero-order valence-electron chi connectivity index (χ0n) is 14.1.